The Morgan fingerprint density at radius 2 is 2.30 bits per heavy atom. The quantitative estimate of drug-likeness (QED) is 0.541. The van der Waals surface area contributed by atoms with Crippen molar-refractivity contribution >= 4 is 0 Å². The fourth-order valence-electron chi connectivity index (χ4n) is 1.50. The molecule has 3 nitrogen and oxygen atoms in total. The number of ether oxygens (including phenoxy) is 1. The second kappa shape index (κ2) is 3.32. The van der Waals surface area contributed by atoms with Crippen LogP contribution < -0.4 is 5.73 Å². The highest BCUT2D eigenvalue weighted by molar-refractivity contribution is 4.78. The van der Waals surface area contributed by atoms with E-state index in [-0.39, 0.29) is 12.0 Å². The Morgan fingerprint density at radius 3 is 2.70 bits per heavy atom. The van der Waals surface area contributed by atoms with Crippen LogP contribution in [0, 0.1) is 5.92 Å². The smallest absolute Gasteiger partial charge is 0.157 e. The Kier molecular flexibility index (Phi) is 2.65. The molecule has 0 amide bonds. The second-order valence-electron chi connectivity index (χ2n) is 2.96. The SMILES string of the molecule is COC(O)[C@H]1CC[C@@H](N)C1. The van der Waals surface area contributed by atoms with Crippen LogP contribution in [0.4, 0.5) is 0 Å². The van der Waals surface area contributed by atoms with E-state index in [4.69, 9.17) is 10.5 Å². The molecule has 3 N–H and O–H groups in total. The van der Waals surface area contributed by atoms with Crippen molar-refractivity contribution < 1.29 is 9.84 Å². The standard InChI is InChI=1S/C7H15NO2/c1-10-7(9)5-2-3-6(8)4-5/h5-7,9H,2-4,8H2,1H3/t5-,6+,7?/m0/s1. The van der Waals surface area contributed by atoms with Crippen molar-refractivity contribution in [2.45, 2.75) is 31.6 Å². The van der Waals surface area contributed by atoms with Gasteiger partial charge in [0.1, 0.15) is 0 Å². The predicted molar refractivity (Wildman–Crippen MR) is 38.3 cm³/mol. The zero-order chi connectivity index (χ0) is 7.56. The fourth-order valence-corrected chi connectivity index (χ4v) is 1.50. The van der Waals surface area contributed by atoms with Crippen LogP contribution in [-0.2, 0) is 4.74 Å². The van der Waals surface area contributed by atoms with Gasteiger partial charge in [0.05, 0.1) is 0 Å². The number of aliphatic hydroxyl groups excluding tert-OH is 1. The van der Waals surface area contributed by atoms with E-state index in [9.17, 15) is 5.11 Å². The Hall–Kier alpha value is -0.120. The molecule has 10 heavy (non-hydrogen) atoms. The number of hydrogen-bond donors (Lipinski definition) is 2. The molecule has 60 valence electrons. The van der Waals surface area contributed by atoms with Gasteiger partial charge < -0.3 is 15.6 Å². The third-order valence-corrected chi connectivity index (χ3v) is 2.16. The topological polar surface area (TPSA) is 55.5 Å². The van der Waals surface area contributed by atoms with Gasteiger partial charge in [-0.15, -0.1) is 0 Å². The van der Waals surface area contributed by atoms with E-state index in [1.165, 1.54) is 7.11 Å². The minimum atomic E-state index is -0.603. The van der Waals surface area contributed by atoms with E-state index < -0.39 is 6.29 Å². The van der Waals surface area contributed by atoms with Gasteiger partial charge in [-0.2, -0.15) is 0 Å². The Labute approximate surface area is 61.2 Å². The molecule has 0 aromatic rings. The molecule has 0 aromatic heterocycles. The summed E-state index contributed by atoms with van der Waals surface area (Å²) in [6.45, 7) is 0. The normalized spacial score (nSPS) is 36.3. The lowest BCUT2D eigenvalue weighted by atomic mass is 10.1. The highest BCUT2D eigenvalue weighted by Crippen LogP contribution is 2.26. The summed E-state index contributed by atoms with van der Waals surface area (Å²) in [7, 11) is 1.52. The van der Waals surface area contributed by atoms with Gasteiger partial charge in [-0.25, -0.2) is 0 Å². The van der Waals surface area contributed by atoms with Crippen molar-refractivity contribution in [2.75, 3.05) is 7.11 Å². The van der Waals surface area contributed by atoms with E-state index in [1.54, 1.807) is 0 Å². The highest BCUT2D eigenvalue weighted by Gasteiger charge is 2.27. The van der Waals surface area contributed by atoms with Crippen molar-refractivity contribution in [2.24, 2.45) is 11.7 Å². The van der Waals surface area contributed by atoms with E-state index in [0.29, 0.717) is 0 Å². The van der Waals surface area contributed by atoms with Crippen molar-refractivity contribution in [1.82, 2.24) is 0 Å². The summed E-state index contributed by atoms with van der Waals surface area (Å²) in [5.74, 6) is 0.264. The van der Waals surface area contributed by atoms with Crippen LogP contribution in [0.2, 0.25) is 0 Å². The minimum Gasteiger partial charge on any atom is -0.368 e. The lowest BCUT2D eigenvalue weighted by Gasteiger charge is -2.15. The van der Waals surface area contributed by atoms with Crippen molar-refractivity contribution in [3.05, 3.63) is 0 Å². The Bertz CT molecular complexity index is 108. The summed E-state index contributed by atoms with van der Waals surface area (Å²) in [5.41, 5.74) is 5.65. The molecule has 0 heterocycles. The predicted octanol–water partition coefficient (Wildman–Crippen LogP) is 0.0786. The maximum Gasteiger partial charge on any atom is 0.157 e. The molecule has 1 saturated carbocycles. The summed E-state index contributed by atoms with van der Waals surface area (Å²) < 4.78 is 4.78. The molecule has 1 fully saturated rings. The van der Waals surface area contributed by atoms with Gasteiger partial charge >= 0.3 is 0 Å². The van der Waals surface area contributed by atoms with Gasteiger partial charge in [-0.3, -0.25) is 0 Å². The van der Waals surface area contributed by atoms with E-state index >= 15 is 0 Å². The van der Waals surface area contributed by atoms with E-state index in [0.717, 1.165) is 19.3 Å². The molecule has 1 aliphatic carbocycles. The number of rotatable bonds is 2. The molecule has 1 rings (SSSR count). The number of aliphatic hydroxyl groups is 1. The molecular formula is C7H15NO2. The molecule has 0 aliphatic heterocycles. The average molecular weight is 145 g/mol. The molecule has 3 atom stereocenters. The molecule has 1 unspecified atom stereocenters. The second-order valence-corrected chi connectivity index (χ2v) is 2.96. The summed E-state index contributed by atoms with van der Waals surface area (Å²) >= 11 is 0. The Balaban J connectivity index is 2.29. The lowest BCUT2D eigenvalue weighted by molar-refractivity contribution is -0.110. The molecule has 0 radical (unpaired) electrons. The van der Waals surface area contributed by atoms with Crippen molar-refractivity contribution in [3.8, 4) is 0 Å². The minimum absolute atomic E-state index is 0.264. The van der Waals surface area contributed by atoms with E-state index in [2.05, 4.69) is 0 Å². The van der Waals surface area contributed by atoms with Gasteiger partial charge in [0.2, 0.25) is 0 Å². The molecule has 0 aromatic carbocycles. The van der Waals surface area contributed by atoms with Crippen molar-refractivity contribution in [3.63, 3.8) is 0 Å². The Morgan fingerprint density at radius 1 is 1.60 bits per heavy atom. The molecule has 0 spiro atoms. The van der Waals surface area contributed by atoms with Crippen LogP contribution in [0.25, 0.3) is 0 Å². The van der Waals surface area contributed by atoms with Gasteiger partial charge in [-0.05, 0) is 19.3 Å². The largest absolute Gasteiger partial charge is 0.368 e. The fraction of sp³-hybridized carbons (Fsp3) is 1.00. The number of methoxy groups -OCH3 is 1. The van der Waals surface area contributed by atoms with E-state index in [1.807, 2.05) is 0 Å². The first-order valence-electron chi connectivity index (χ1n) is 3.70. The first-order chi connectivity index (χ1) is 4.74. The van der Waals surface area contributed by atoms with Gasteiger partial charge in [0, 0.05) is 19.1 Å². The average Bonchev–Trinajstić information content (AvgIpc) is 2.34. The monoisotopic (exact) mass is 145 g/mol. The van der Waals surface area contributed by atoms with Crippen LogP contribution in [0.1, 0.15) is 19.3 Å². The van der Waals surface area contributed by atoms with Crippen LogP contribution in [0.5, 0.6) is 0 Å². The molecule has 1 aliphatic rings. The third kappa shape index (κ3) is 1.68. The molecule has 0 bridgehead atoms. The molecule has 3 heteroatoms. The summed E-state index contributed by atoms with van der Waals surface area (Å²) in [6.07, 6.45) is 2.31. The third-order valence-electron chi connectivity index (χ3n) is 2.16. The first kappa shape index (κ1) is 7.98. The van der Waals surface area contributed by atoms with Gasteiger partial charge in [-0.1, -0.05) is 0 Å². The lowest BCUT2D eigenvalue weighted by Crippen LogP contribution is -2.22. The zero-order valence-electron chi connectivity index (χ0n) is 6.29. The molecule has 0 saturated heterocycles. The maximum absolute atomic E-state index is 9.20. The van der Waals surface area contributed by atoms with Crippen LogP contribution >= 0.6 is 0 Å². The van der Waals surface area contributed by atoms with Crippen LogP contribution in [0.3, 0.4) is 0 Å². The summed E-state index contributed by atoms with van der Waals surface area (Å²) in [5, 5.41) is 9.20. The number of hydrogen-bond acceptors (Lipinski definition) is 3. The number of nitrogens with two attached hydrogens (primary N) is 1. The molecular weight excluding hydrogens is 130 g/mol. The zero-order valence-corrected chi connectivity index (χ0v) is 6.29. The first-order valence-corrected chi connectivity index (χ1v) is 3.70. The van der Waals surface area contributed by atoms with Crippen LogP contribution in [0.15, 0.2) is 0 Å². The van der Waals surface area contributed by atoms with Gasteiger partial charge in [0.25, 0.3) is 0 Å². The summed E-state index contributed by atoms with van der Waals surface area (Å²) in [4.78, 5) is 0. The van der Waals surface area contributed by atoms with Crippen molar-refractivity contribution in [1.29, 1.82) is 0 Å². The maximum atomic E-state index is 9.20. The highest BCUT2D eigenvalue weighted by atomic mass is 16.6. The van der Waals surface area contributed by atoms with Gasteiger partial charge in [0.15, 0.2) is 6.29 Å². The van der Waals surface area contributed by atoms with Crippen LogP contribution in [-0.4, -0.2) is 24.5 Å². The summed E-state index contributed by atoms with van der Waals surface area (Å²) in [6, 6.07) is 0.273.